The van der Waals surface area contributed by atoms with Gasteiger partial charge in [0.15, 0.2) is 11.5 Å². The van der Waals surface area contributed by atoms with Crippen molar-refractivity contribution in [3.05, 3.63) is 182 Å². The molecule has 10 nitrogen and oxygen atoms in total. The zero-order valence-corrected chi connectivity index (χ0v) is 34.8. The highest BCUT2D eigenvalue weighted by Gasteiger charge is 2.15. The Bertz CT molecular complexity index is 2500. The molecule has 62 heavy (non-hydrogen) atoms. The summed E-state index contributed by atoms with van der Waals surface area (Å²) in [5.41, 5.74) is 8.86. The van der Waals surface area contributed by atoms with Crippen LogP contribution in [0.25, 0.3) is 11.1 Å². The topological polar surface area (TPSA) is 104 Å². The molecule has 0 fully saturated rings. The first-order valence-corrected chi connectivity index (χ1v) is 19.9. The summed E-state index contributed by atoms with van der Waals surface area (Å²) in [4.78, 5) is 0. The highest BCUT2D eigenvalue weighted by Crippen LogP contribution is 2.42. The predicted octanol–water partition coefficient (Wildman–Crippen LogP) is 13.9. The molecule has 4 N–H and O–H groups in total. The van der Waals surface area contributed by atoms with Crippen molar-refractivity contribution in [2.75, 3.05) is 49.7 Å². The summed E-state index contributed by atoms with van der Waals surface area (Å²) in [5, 5.41) is 14.2. The number of methoxy groups -OCH3 is 4. The fraction of sp³-hybridized carbons (Fsp3) is 0.0769. The Balaban J connectivity index is 1.01. The van der Waals surface area contributed by atoms with E-state index in [9.17, 15) is 0 Å². The molecule has 0 spiro atoms. The van der Waals surface area contributed by atoms with Crippen LogP contribution in [0.15, 0.2) is 182 Å². The number of benzene rings is 8. The molecule has 0 aliphatic rings. The smallest absolute Gasteiger partial charge is 0.153 e. The van der Waals surface area contributed by atoms with E-state index in [-0.39, 0.29) is 0 Å². The van der Waals surface area contributed by atoms with Crippen LogP contribution in [0.1, 0.15) is 0 Å². The van der Waals surface area contributed by atoms with Crippen LogP contribution in [-0.4, -0.2) is 28.4 Å². The van der Waals surface area contributed by atoms with E-state index < -0.39 is 0 Å². The minimum Gasteiger partial charge on any atom is -0.497 e. The lowest BCUT2D eigenvalue weighted by Crippen LogP contribution is -2.00. The molecule has 0 aliphatic carbocycles. The van der Waals surface area contributed by atoms with Gasteiger partial charge in [-0.25, -0.2) is 0 Å². The molecule has 0 radical (unpaired) electrons. The van der Waals surface area contributed by atoms with Crippen molar-refractivity contribution in [2.24, 2.45) is 0 Å². The highest BCUT2D eigenvalue weighted by atomic mass is 16.5. The first-order chi connectivity index (χ1) is 30.5. The predicted molar refractivity (Wildman–Crippen MR) is 250 cm³/mol. The number of hydrogen-bond acceptors (Lipinski definition) is 10. The summed E-state index contributed by atoms with van der Waals surface area (Å²) in [6.45, 7) is 0. The van der Waals surface area contributed by atoms with Crippen LogP contribution in [-0.2, 0) is 0 Å². The minimum absolute atomic E-state index is 0.651. The van der Waals surface area contributed by atoms with Crippen molar-refractivity contribution >= 4 is 45.5 Å². The number of rotatable bonds is 17. The quantitative estimate of drug-likeness (QED) is 0.0710. The summed E-state index contributed by atoms with van der Waals surface area (Å²) in [5.74, 6) is 5.79. The lowest BCUT2D eigenvalue weighted by Gasteiger charge is -2.19. The molecule has 0 saturated carbocycles. The molecule has 0 aromatic heterocycles. The van der Waals surface area contributed by atoms with Crippen LogP contribution < -0.4 is 49.7 Å². The Hall–Kier alpha value is -8.24. The maximum atomic E-state index is 6.55. The second kappa shape index (κ2) is 19.2. The van der Waals surface area contributed by atoms with Crippen LogP contribution in [0.3, 0.4) is 0 Å². The average Bonchev–Trinajstić information content (AvgIpc) is 3.32. The van der Waals surface area contributed by atoms with E-state index in [2.05, 4.69) is 21.3 Å². The second-order valence-electron chi connectivity index (χ2n) is 14.0. The molecule has 0 aliphatic heterocycles. The Kier molecular flexibility index (Phi) is 12.6. The van der Waals surface area contributed by atoms with Gasteiger partial charge in [0.25, 0.3) is 0 Å². The number of ether oxygens (including phenoxy) is 6. The first-order valence-electron chi connectivity index (χ1n) is 19.9. The van der Waals surface area contributed by atoms with Gasteiger partial charge in [-0.15, -0.1) is 0 Å². The standard InChI is InChI=1S/C52H46N4O6/c1-57-41-27-15-37(16-28-41)53-47-7-5-9-49(51(47)55-39-19-31-43(59-3)32-20-39)61-45-23-11-35(12-24-45)36-13-25-46(26-14-36)62-50-10-6-8-48(54-38-17-29-42(58-2)30-18-38)52(50)56-40-21-33-44(60-4)34-22-40/h5-34,53-56H,1-4H3. The fourth-order valence-corrected chi connectivity index (χ4v) is 6.68. The molecule has 8 rings (SSSR count). The normalized spacial score (nSPS) is 10.6. The Labute approximate surface area is 361 Å². The van der Waals surface area contributed by atoms with E-state index in [0.717, 1.165) is 79.6 Å². The monoisotopic (exact) mass is 822 g/mol. The summed E-state index contributed by atoms with van der Waals surface area (Å²) in [7, 11) is 6.62. The van der Waals surface area contributed by atoms with E-state index >= 15 is 0 Å². The van der Waals surface area contributed by atoms with Gasteiger partial charge >= 0.3 is 0 Å². The highest BCUT2D eigenvalue weighted by molar-refractivity contribution is 5.85. The van der Waals surface area contributed by atoms with Crippen molar-refractivity contribution in [3.8, 4) is 57.1 Å². The minimum atomic E-state index is 0.651. The average molecular weight is 823 g/mol. The zero-order chi connectivity index (χ0) is 42.7. The number of nitrogens with one attached hydrogen (secondary N) is 4. The molecule has 0 unspecified atom stereocenters. The van der Waals surface area contributed by atoms with Gasteiger partial charge in [0.1, 0.15) is 45.9 Å². The molecule has 0 bridgehead atoms. The van der Waals surface area contributed by atoms with E-state index in [1.165, 1.54) is 0 Å². The van der Waals surface area contributed by atoms with E-state index in [4.69, 9.17) is 28.4 Å². The van der Waals surface area contributed by atoms with Gasteiger partial charge < -0.3 is 49.7 Å². The van der Waals surface area contributed by atoms with Crippen molar-refractivity contribution in [2.45, 2.75) is 0 Å². The maximum Gasteiger partial charge on any atom is 0.153 e. The van der Waals surface area contributed by atoms with E-state index in [0.29, 0.717) is 23.0 Å². The van der Waals surface area contributed by atoms with E-state index in [1.54, 1.807) is 28.4 Å². The number of anilines is 8. The Morgan fingerprint density at radius 2 is 0.548 bits per heavy atom. The summed E-state index contributed by atoms with van der Waals surface area (Å²) in [6.07, 6.45) is 0. The molecule has 0 atom stereocenters. The Morgan fingerprint density at radius 3 is 0.839 bits per heavy atom. The molecule has 8 aromatic rings. The van der Waals surface area contributed by atoms with Crippen LogP contribution in [0, 0.1) is 0 Å². The summed E-state index contributed by atoms with van der Waals surface area (Å²) < 4.78 is 34.6. The molecule has 0 amide bonds. The van der Waals surface area contributed by atoms with Crippen LogP contribution >= 0.6 is 0 Å². The van der Waals surface area contributed by atoms with Gasteiger partial charge in [0.2, 0.25) is 0 Å². The zero-order valence-electron chi connectivity index (χ0n) is 34.8. The molecule has 8 aromatic carbocycles. The fourth-order valence-electron chi connectivity index (χ4n) is 6.68. The molecule has 310 valence electrons. The SMILES string of the molecule is COc1ccc(Nc2cccc(Oc3ccc(-c4ccc(Oc5cccc(Nc6ccc(OC)cc6)c5Nc5ccc(OC)cc5)cc4)cc3)c2Nc2ccc(OC)cc2)cc1. The maximum absolute atomic E-state index is 6.55. The second-order valence-corrected chi connectivity index (χ2v) is 14.0. The summed E-state index contributed by atoms with van der Waals surface area (Å²) in [6, 6.07) is 59.0. The largest absolute Gasteiger partial charge is 0.497 e. The lowest BCUT2D eigenvalue weighted by molar-refractivity contribution is 0.415. The van der Waals surface area contributed by atoms with Gasteiger partial charge in [-0.05, 0) is 157 Å². The Morgan fingerprint density at radius 1 is 0.274 bits per heavy atom. The molecule has 0 saturated heterocycles. The van der Waals surface area contributed by atoms with Gasteiger partial charge in [-0.1, -0.05) is 36.4 Å². The third-order valence-corrected chi connectivity index (χ3v) is 10.0. The molecular formula is C52H46N4O6. The van der Waals surface area contributed by atoms with Crippen LogP contribution in [0.4, 0.5) is 45.5 Å². The lowest BCUT2D eigenvalue weighted by atomic mass is 10.1. The third-order valence-electron chi connectivity index (χ3n) is 10.0. The van der Waals surface area contributed by atoms with Crippen LogP contribution in [0.5, 0.6) is 46.0 Å². The number of para-hydroxylation sites is 2. The van der Waals surface area contributed by atoms with Crippen LogP contribution in [0.2, 0.25) is 0 Å². The van der Waals surface area contributed by atoms with Crippen molar-refractivity contribution in [3.63, 3.8) is 0 Å². The van der Waals surface area contributed by atoms with Gasteiger partial charge in [0, 0.05) is 22.7 Å². The first kappa shape index (κ1) is 40.5. The molecular weight excluding hydrogens is 777 g/mol. The van der Waals surface area contributed by atoms with Gasteiger partial charge in [-0.2, -0.15) is 0 Å². The number of hydrogen-bond donors (Lipinski definition) is 4. The van der Waals surface area contributed by atoms with Gasteiger partial charge in [0.05, 0.1) is 39.8 Å². The molecule has 0 heterocycles. The summed E-state index contributed by atoms with van der Waals surface area (Å²) >= 11 is 0. The van der Waals surface area contributed by atoms with Crippen molar-refractivity contribution < 1.29 is 28.4 Å². The van der Waals surface area contributed by atoms with Crippen molar-refractivity contribution in [1.29, 1.82) is 0 Å². The van der Waals surface area contributed by atoms with Gasteiger partial charge in [-0.3, -0.25) is 0 Å². The molecule has 10 heteroatoms. The van der Waals surface area contributed by atoms with Crippen molar-refractivity contribution in [1.82, 2.24) is 0 Å². The third kappa shape index (κ3) is 9.95. The van der Waals surface area contributed by atoms with E-state index in [1.807, 2.05) is 182 Å².